The molecule has 0 spiro atoms. The van der Waals surface area contributed by atoms with Crippen LogP contribution in [-0.2, 0) is 4.79 Å². The van der Waals surface area contributed by atoms with E-state index in [-0.39, 0.29) is 18.2 Å². The van der Waals surface area contributed by atoms with E-state index in [2.05, 4.69) is 10.1 Å². The molecule has 2 aromatic carbocycles. The number of aromatic nitrogens is 2. The number of amides is 1. The van der Waals surface area contributed by atoms with Crippen molar-refractivity contribution in [3.63, 3.8) is 0 Å². The molecular weight excluding hydrogens is 410 g/mol. The number of hydrogen-bond acceptors (Lipinski definition) is 7. The second-order valence-corrected chi connectivity index (χ2v) is 7.19. The Morgan fingerprint density at radius 2 is 1.83 bits per heavy atom. The Labute approximate surface area is 178 Å². The summed E-state index contributed by atoms with van der Waals surface area (Å²) in [5.74, 6) is 2.00. The number of ether oxygens (including phenoxy) is 3. The number of rotatable bonds is 6. The smallest absolute Gasteiger partial charge is 0.232 e. The zero-order valence-corrected chi connectivity index (χ0v) is 17.5. The number of nitrogens with zero attached hydrogens (tertiary/aromatic N) is 3. The van der Waals surface area contributed by atoms with Gasteiger partial charge in [-0.2, -0.15) is 4.98 Å². The highest BCUT2D eigenvalue weighted by atomic mass is 35.5. The summed E-state index contributed by atoms with van der Waals surface area (Å²) >= 11 is 6.06. The zero-order valence-electron chi connectivity index (χ0n) is 16.7. The maximum absolute atomic E-state index is 12.5. The van der Waals surface area contributed by atoms with Crippen molar-refractivity contribution in [2.45, 2.75) is 12.3 Å². The lowest BCUT2D eigenvalue weighted by atomic mass is 10.1. The molecule has 3 aromatic rings. The molecule has 0 aliphatic carbocycles. The molecule has 0 unspecified atom stereocenters. The minimum absolute atomic E-state index is 0.0187. The zero-order chi connectivity index (χ0) is 21.3. The first-order valence-corrected chi connectivity index (χ1v) is 9.61. The minimum Gasteiger partial charge on any atom is -0.493 e. The van der Waals surface area contributed by atoms with Crippen molar-refractivity contribution >= 4 is 23.2 Å². The fraction of sp³-hybridized carbons (Fsp3) is 0.286. The van der Waals surface area contributed by atoms with Crippen LogP contribution in [0.25, 0.3) is 11.4 Å². The van der Waals surface area contributed by atoms with Gasteiger partial charge in [0, 0.05) is 29.2 Å². The van der Waals surface area contributed by atoms with Crippen LogP contribution in [0, 0.1) is 0 Å². The number of hydrogen-bond donors (Lipinski definition) is 0. The molecule has 8 nitrogen and oxygen atoms in total. The van der Waals surface area contributed by atoms with Gasteiger partial charge in [-0.15, -0.1) is 0 Å². The molecule has 0 radical (unpaired) electrons. The lowest BCUT2D eigenvalue weighted by Gasteiger charge is -2.16. The fourth-order valence-electron chi connectivity index (χ4n) is 3.50. The first-order chi connectivity index (χ1) is 14.5. The first kappa shape index (κ1) is 20.0. The summed E-state index contributed by atoms with van der Waals surface area (Å²) in [6, 6.07) is 10.7. The van der Waals surface area contributed by atoms with Crippen molar-refractivity contribution in [1.82, 2.24) is 10.1 Å². The highest BCUT2D eigenvalue weighted by Gasteiger charge is 2.35. The molecule has 1 aliphatic heterocycles. The summed E-state index contributed by atoms with van der Waals surface area (Å²) in [6.45, 7) is 0.441. The third-order valence-corrected chi connectivity index (χ3v) is 5.19. The molecule has 30 heavy (non-hydrogen) atoms. The van der Waals surface area contributed by atoms with Crippen LogP contribution in [-0.4, -0.2) is 43.9 Å². The van der Waals surface area contributed by atoms with Crippen molar-refractivity contribution in [3.8, 4) is 28.6 Å². The van der Waals surface area contributed by atoms with E-state index in [0.717, 1.165) is 5.69 Å². The first-order valence-electron chi connectivity index (χ1n) is 9.24. The molecule has 1 fully saturated rings. The van der Waals surface area contributed by atoms with E-state index < -0.39 is 0 Å². The van der Waals surface area contributed by atoms with E-state index >= 15 is 0 Å². The van der Waals surface area contributed by atoms with Gasteiger partial charge in [0.05, 0.1) is 27.2 Å². The highest BCUT2D eigenvalue weighted by molar-refractivity contribution is 6.30. The molecule has 4 rings (SSSR count). The summed E-state index contributed by atoms with van der Waals surface area (Å²) in [6.07, 6.45) is 0.281. The van der Waals surface area contributed by atoms with Gasteiger partial charge in [0.2, 0.25) is 23.4 Å². The molecule has 2 heterocycles. The van der Waals surface area contributed by atoms with Crippen LogP contribution in [0.1, 0.15) is 18.2 Å². The lowest BCUT2D eigenvalue weighted by molar-refractivity contribution is -0.117. The highest BCUT2D eigenvalue weighted by Crippen LogP contribution is 2.41. The Bertz CT molecular complexity index is 1060. The number of anilines is 1. The maximum Gasteiger partial charge on any atom is 0.232 e. The molecular formula is C21H20ClN3O5. The van der Waals surface area contributed by atoms with Crippen LogP contribution in [0.4, 0.5) is 5.69 Å². The van der Waals surface area contributed by atoms with Gasteiger partial charge in [-0.1, -0.05) is 22.8 Å². The Balaban J connectivity index is 1.60. The quantitative estimate of drug-likeness (QED) is 0.586. The topological polar surface area (TPSA) is 86.9 Å². The van der Waals surface area contributed by atoms with E-state index in [1.54, 1.807) is 29.2 Å². The second-order valence-electron chi connectivity index (χ2n) is 6.76. The van der Waals surface area contributed by atoms with E-state index in [0.29, 0.717) is 46.1 Å². The number of benzene rings is 2. The number of carbonyl (C=O) groups is 1. The van der Waals surface area contributed by atoms with Crippen LogP contribution in [0.2, 0.25) is 5.02 Å². The predicted molar refractivity (Wildman–Crippen MR) is 111 cm³/mol. The molecule has 1 atom stereocenters. The lowest BCUT2D eigenvalue weighted by Crippen LogP contribution is -2.24. The molecule has 0 N–H and O–H groups in total. The third-order valence-electron chi connectivity index (χ3n) is 4.96. The molecule has 1 aromatic heterocycles. The monoisotopic (exact) mass is 429 g/mol. The van der Waals surface area contributed by atoms with Gasteiger partial charge in [0.25, 0.3) is 0 Å². The number of carbonyl (C=O) groups excluding carboxylic acids is 1. The summed E-state index contributed by atoms with van der Waals surface area (Å²) in [4.78, 5) is 18.7. The molecule has 9 heteroatoms. The van der Waals surface area contributed by atoms with E-state index in [9.17, 15) is 4.79 Å². The number of methoxy groups -OCH3 is 3. The largest absolute Gasteiger partial charge is 0.493 e. The van der Waals surface area contributed by atoms with Crippen LogP contribution in [0.15, 0.2) is 40.9 Å². The Kier molecular flexibility index (Phi) is 5.50. The van der Waals surface area contributed by atoms with Crippen LogP contribution in [0.5, 0.6) is 17.2 Å². The van der Waals surface area contributed by atoms with Crippen molar-refractivity contribution in [1.29, 1.82) is 0 Å². The molecule has 1 saturated heterocycles. The van der Waals surface area contributed by atoms with Gasteiger partial charge >= 0.3 is 0 Å². The van der Waals surface area contributed by atoms with E-state index in [1.165, 1.54) is 21.3 Å². The summed E-state index contributed by atoms with van der Waals surface area (Å²) in [7, 11) is 4.61. The SMILES string of the molecule is COc1cc(-c2noc([C@@H]3CC(=O)N(c4cccc(Cl)c4)C3)n2)cc(OC)c1OC. The molecule has 1 aliphatic rings. The molecule has 156 valence electrons. The Morgan fingerprint density at radius 3 is 2.47 bits per heavy atom. The van der Waals surface area contributed by atoms with Gasteiger partial charge < -0.3 is 23.6 Å². The summed E-state index contributed by atoms with van der Waals surface area (Å²) < 4.78 is 21.6. The Morgan fingerprint density at radius 1 is 1.10 bits per heavy atom. The average molecular weight is 430 g/mol. The third kappa shape index (κ3) is 3.66. The van der Waals surface area contributed by atoms with Crippen molar-refractivity contribution < 1.29 is 23.5 Å². The fourth-order valence-corrected chi connectivity index (χ4v) is 3.68. The van der Waals surface area contributed by atoms with Gasteiger partial charge in [0.1, 0.15) is 0 Å². The van der Waals surface area contributed by atoms with Crippen molar-refractivity contribution in [3.05, 3.63) is 47.3 Å². The Hall–Kier alpha value is -3.26. The minimum atomic E-state index is -0.209. The summed E-state index contributed by atoms with van der Waals surface area (Å²) in [5, 5.41) is 4.66. The maximum atomic E-state index is 12.5. The van der Waals surface area contributed by atoms with E-state index in [4.69, 9.17) is 30.3 Å². The normalized spacial score (nSPS) is 16.1. The predicted octanol–water partition coefficient (Wildman–Crippen LogP) is 3.94. The molecule has 0 saturated carbocycles. The van der Waals surface area contributed by atoms with E-state index in [1.807, 2.05) is 12.1 Å². The van der Waals surface area contributed by atoms with Gasteiger partial charge in [-0.05, 0) is 30.3 Å². The average Bonchev–Trinajstić information content (AvgIpc) is 3.39. The molecule has 1 amide bonds. The van der Waals surface area contributed by atoms with Gasteiger partial charge in [0.15, 0.2) is 11.5 Å². The van der Waals surface area contributed by atoms with Crippen LogP contribution in [0.3, 0.4) is 0 Å². The summed E-state index contributed by atoms with van der Waals surface area (Å²) in [5.41, 5.74) is 1.40. The van der Waals surface area contributed by atoms with Crippen LogP contribution < -0.4 is 19.1 Å². The standard InChI is InChI=1S/C21H20ClN3O5/c1-27-16-7-12(8-17(28-2)19(16)29-3)20-23-21(30-24-20)13-9-18(26)25(11-13)15-6-4-5-14(22)10-15/h4-8,10,13H,9,11H2,1-3H3/t13-/m1/s1. The van der Waals surface area contributed by atoms with Crippen molar-refractivity contribution in [2.75, 3.05) is 32.8 Å². The van der Waals surface area contributed by atoms with Crippen molar-refractivity contribution in [2.24, 2.45) is 0 Å². The number of halogens is 1. The second kappa shape index (κ2) is 8.23. The molecule has 0 bridgehead atoms. The van der Waals surface area contributed by atoms with Gasteiger partial charge in [-0.25, -0.2) is 0 Å². The van der Waals surface area contributed by atoms with Crippen LogP contribution >= 0.6 is 11.6 Å². The van der Waals surface area contributed by atoms with Gasteiger partial charge in [-0.3, -0.25) is 4.79 Å².